The maximum Gasteiger partial charge on any atom is 0.416 e. The van der Waals surface area contributed by atoms with Gasteiger partial charge in [0, 0.05) is 35.8 Å². The lowest BCUT2D eigenvalue weighted by Gasteiger charge is -2.06. The molecule has 0 aliphatic carbocycles. The van der Waals surface area contributed by atoms with Crippen LogP contribution in [0.3, 0.4) is 0 Å². The van der Waals surface area contributed by atoms with Crippen molar-refractivity contribution < 1.29 is 13.2 Å². The number of aromatic nitrogens is 3. The van der Waals surface area contributed by atoms with Gasteiger partial charge in [0.05, 0.1) is 11.3 Å². The molecule has 2 aromatic heterocycles. The van der Waals surface area contributed by atoms with Crippen molar-refractivity contribution in [2.24, 2.45) is 7.05 Å². The van der Waals surface area contributed by atoms with Gasteiger partial charge in [-0.3, -0.25) is 4.68 Å². The first-order chi connectivity index (χ1) is 9.36. The summed E-state index contributed by atoms with van der Waals surface area (Å²) in [5, 5.41) is 4.66. The predicted octanol–water partition coefficient (Wildman–Crippen LogP) is 3.17. The van der Waals surface area contributed by atoms with Crippen molar-refractivity contribution in [3.8, 4) is 11.3 Å². The number of hydrogen-bond donors (Lipinski definition) is 2. The van der Waals surface area contributed by atoms with Crippen molar-refractivity contribution in [2.45, 2.75) is 6.18 Å². The van der Waals surface area contributed by atoms with Gasteiger partial charge in [-0.05, 0) is 18.2 Å². The number of aryl methyl sites for hydroxylation is 1. The van der Waals surface area contributed by atoms with Crippen LogP contribution in [-0.2, 0) is 13.2 Å². The average molecular weight is 280 g/mol. The maximum atomic E-state index is 12.8. The third kappa shape index (κ3) is 1.91. The SMILES string of the molecule is Cn1nc(-c2c[nH]c3ccc(C(F)(F)F)cc23)cc1N. The standard InChI is InChI=1S/C13H11F3N4/c1-20-12(17)5-11(19-20)9-6-18-10-3-2-7(4-8(9)10)13(14,15)16/h2-6,18H,17H2,1H3. The number of anilines is 1. The number of H-pyrrole nitrogens is 1. The van der Waals surface area contributed by atoms with Crippen molar-refractivity contribution >= 4 is 16.7 Å². The molecule has 0 amide bonds. The average Bonchev–Trinajstić information content (AvgIpc) is 2.92. The Morgan fingerprint density at radius 3 is 2.60 bits per heavy atom. The number of nitrogens with one attached hydrogen (secondary N) is 1. The third-order valence-electron chi connectivity index (χ3n) is 3.20. The van der Waals surface area contributed by atoms with Crippen LogP contribution in [0.4, 0.5) is 19.0 Å². The molecule has 3 aromatic rings. The van der Waals surface area contributed by atoms with Gasteiger partial charge in [-0.2, -0.15) is 18.3 Å². The van der Waals surface area contributed by atoms with E-state index in [9.17, 15) is 13.2 Å². The monoisotopic (exact) mass is 280 g/mol. The number of nitrogens with two attached hydrogens (primary N) is 1. The summed E-state index contributed by atoms with van der Waals surface area (Å²) < 4.78 is 39.8. The molecule has 20 heavy (non-hydrogen) atoms. The lowest BCUT2D eigenvalue weighted by Crippen LogP contribution is -2.04. The smallest absolute Gasteiger partial charge is 0.384 e. The molecule has 0 unspecified atom stereocenters. The number of halogens is 3. The van der Waals surface area contributed by atoms with Gasteiger partial charge >= 0.3 is 6.18 Å². The highest BCUT2D eigenvalue weighted by molar-refractivity contribution is 5.95. The Labute approximate surface area is 112 Å². The highest BCUT2D eigenvalue weighted by Gasteiger charge is 2.30. The fourth-order valence-corrected chi connectivity index (χ4v) is 2.12. The minimum Gasteiger partial charge on any atom is -0.384 e. The molecule has 0 spiro atoms. The van der Waals surface area contributed by atoms with Crippen molar-refractivity contribution in [2.75, 3.05) is 5.73 Å². The Kier molecular flexibility index (Phi) is 2.53. The number of nitrogen functional groups attached to an aromatic ring is 1. The molecule has 0 atom stereocenters. The van der Waals surface area contributed by atoms with Gasteiger partial charge in [0.2, 0.25) is 0 Å². The Morgan fingerprint density at radius 2 is 2.00 bits per heavy atom. The molecule has 0 saturated heterocycles. The molecule has 4 nitrogen and oxygen atoms in total. The summed E-state index contributed by atoms with van der Waals surface area (Å²) in [5.74, 6) is 0.446. The van der Waals surface area contributed by atoms with Gasteiger partial charge in [-0.1, -0.05) is 0 Å². The van der Waals surface area contributed by atoms with Crippen LogP contribution >= 0.6 is 0 Å². The van der Waals surface area contributed by atoms with Gasteiger partial charge in [0.15, 0.2) is 0 Å². The maximum absolute atomic E-state index is 12.8. The molecule has 0 radical (unpaired) electrons. The van der Waals surface area contributed by atoms with Crippen molar-refractivity contribution in [3.05, 3.63) is 36.0 Å². The summed E-state index contributed by atoms with van der Waals surface area (Å²) in [6.07, 6.45) is -2.74. The van der Waals surface area contributed by atoms with E-state index in [2.05, 4.69) is 10.1 Å². The second-order valence-electron chi connectivity index (χ2n) is 4.54. The predicted molar refractivity (Wildman–Crippen MR) is 69.9 cm³/mol. The Hall–Kier alpha value is -2.44. The molecular weight excluding hydrogens is 269 g/mol. The van der Waals surface area contributed by atoms with Crippen molar-refractivity contribution in [1.82, 2.24) is 14.8 Å². The molecule has 0 fully saturated rings. The second kappa shape index (κ2) is 4.03. The summed E-state index contributed by atoms with van der Waals surface area (Å²) in [6.45, 7) is 0. The van der Waals surface area contributed by atoms with E-state index >= 15 is 0 Å². The molecule has 3 rings (SSSR count). The number of nitrogens with zero attached hydrogens (tertiary/aromatic N) is 2. The quantitative estimate of drug-likeness (QED) is 0.719. The molecule has 0 bridgehead atoms. The fraction of sp³-hybridized carbons (Fsp3) is 0.154. The van der Waals surface area contributed by atoms with Crippen molar-refractivity contribution in [1.29, 1.82) is 0 Å². The lowest BCUT2D eigenvalue weighted by molar-refractivity contribution is -0.137. The summed E-state index contributed by atoms with van der Waals surface area (Å²) in [4.78, 5) is 2.94. The molecule has 7 heteroatoms. The number of benzene rings is 1. The second-order valence-corrected chi connectivity index (χ2v) is 4.54. The normalized spacial score (nSPS) is 12.2. The van der Waals surface area contributed by atoms with Crippen LogP contribution in [0.1, 0.15) is 5.56 Å². The molecule has 0 aliphatic rings. The van der Waals surface area contributed by atoms with Crippen LogP contribution < -0.4 is 5.73 Å². The van der Waals surface area contributed by atoms with E-state index in [4.69, 9.17) is 5.73 Å². The van der Waals surface area contributed by atoms with E-state index in [0.29, 0.717) is 28.0 Å². The van der Waals surface area contributed by atoms with Gasteiger partial charge < -0.3 is 10.7 Å². The molecule has 2 heterocycles. The Balaban J connectivity index is 2.21. The van der Waals surface area contributed by atoms with Gasteiger partial charge in [0.1, 0.15) is 5.82 Å². The summed E-state index contributed by atoms with van der Waals surface area (Å²) in [5.41, 5.74) is 6.77. The highest BCUT2D eigenvalue weighted by Crippen LogP contribution is 2.35. The summed E-state index contributed by atoms with van der Waals surface area (Å²) >= 11 is 0. The van der Waals surface area contributed by atoms with Gasteiger partial charge in [-0.15, -0.1) is 0 Å². The van der Waals surface area contributed by atoms with E-state index in [1.165, 1.54) is 10.7 Å². The van der Waals surface area contributed by atoms with Crippen LogP contribution in [-0.4, -0.2) is 14.8 Å². The minimum absolute atomic E-state index is 0.446. The first-order valence-electron chi connectivity index (χ1n) is 5.84. The number of rotatable bonds is 1. The molecular formula is C13H11F3N4. The molecule has 3 N–H and O–H groups in total. The zero-order chi connectivity index (χ0) is 14.5. The zero-order valence-electron chi connectivity index (χ0n) is 10.5. The van der Waals surface area contributed by atoms with E-state index in [1.54, 1.807) is 19.3 Å². The Morgan fingerprint density at radius 1 is 1.25 bits per heavy atom. The van der Waals surface area contributed by atoms with E-state index < -0.39 is 11.7 Å². The molecule has 0 saturated carbocycles. The number of fused-ring (bicyclic) bond motifs is 1. The van der Waals surface area contributed by atoms with Crippen LogP contribution in [0.15, 0.2) is 30.5 Å². The summed E-state index contributed by atoms with van der Waals surface area (Å²) in [6, 6.07) is 5.21. The van der Waals surface area contributed by atoms with E-state index in [0.717, 1.165) is 12.1 Å². The van der Waals surface area contributed by atoms with Crippen LogP contribution in [0.5, 0.6) is 0 Å². The van der Waals surface area contributed by atoms with E-state index in [-0.39, 0.29) is 0 Å². The Bertz CT molecular complexity index is 763. The third-order valence-corrected chi connectivity index (χ3v) is 3.20. The highest BCUT2D eigenvalue weighted by atomic mass is 19.4. The molecule has 0 aliphatic heterocycles. The summed E-state index contributed by atoms with van der Waals surface area (Å²) in [7, 11) is 1.68. The largest absolute Gasteiger partial charge is 0.416 e. The fourth-order valence-electron chi connectivity index (χ4n) is 2.12. The van der Waals surface area contributed by atoms with E-state index in [1.807, 2.05) is 0 Å². The van der Waals surface area contributed by atoms with Gasteiger partial charge in [0.25, 0.3) is 0 Å². The number of aromatic amines is 1. The van der Waals surface area contributed by atoms with Crippen LogP contribution in [0.25, 0.3) is 22.2 Å². The first kappa shape index (κ1) is 12.6. The van der Waals surface area contributed by atoms with Gasteiger partial charge in [-0.25, -0.2) is 0 Å². The van der Waals surface area contributed by atoms with Crippen LogP contribution in [0, 0.1) is 0 Å². The number of hydrogen-bond acceptors (Lipinski definition) is 2. The van der Waals surface area contributed by atoms with Crippen molar-refractivity contribution in [3.63, 3.8) is 0 Å². The molecule has 104 valence electrons. The minimum atomic E-state index is -4.37. The first-order valence-corrected chi connectivity index (χ1v) is 5.84. The lowest BCUT2D eigenvalue weighted by atomic mass is 10.1. The topological polar surface area (TPSA) is 59.6 Å². The van der Waals surface area contributed by atoms with Crippen LogP contribution in [0.2, 0.25) is 0 Å². The molecule has 1 aromatic carbocycles. The zero-order valence-corrected chi connectivity index (χ0v) is 10.5. The number of alkyl halides is 3.